The molecule has 7 nitrogen and oxygen atoms in total. The van der Waals surface area contributed by atoms with Gasteiger partial charge in [-0.1, -0.05) is 19.1 Å². The Morgan fingerprint density at radius 3 is 2.71 bits per heavy atom. The summed E-state index contributed by atoms with van der Waals surface area (Å²) >= 11 is 0. The molecule has 0 saturated carbocycles. The Morgan fingerprint density at radius 1 is 1.32 bits per heavy atom. The lowest BCUT2D eigenvalue weighted by atomic mass is 9.83. The van der Waals surface area contributed by atoms with Gasteiger partial charge in [-0.15, -0.1) is 0 Å². The van der Waals surface area contributed by atoms with E-state index in [1.807, 2.05) is 0 Å². The van der Waals surface area contributed by atoms with Gasteiger partial charge < -0.3 is 24.6 Å². The van der Waals surface area contributed by atoms with E-state index < -0.39 is 17.4 Å². The quantitative estimate of drug-likeness (QED) is 0.360. The van der Waals surface area contributed by atoms with Crippen molar-refractivity contribution in [2.24, 2.45) is 5.92 Å². The van der Waals surface area contributed by atoms with Crippen LogP contribution in [0.2, 0.25) is 0 Å². The average Bonchev–Trinajstić information content (AvgIpc) is 2.92. The van der Waals surface area contributed by atoms with Crippen LogP contribution < -0.4 is 9.64 Å². The molecule has 1 amide bonds. The molecule has 0 saturated heterocycles. The lowest BCUT2D eigenvalue weighted by molar-refractivity contribution is -0.140. The standard InChI is InChI=1S/C21H29NO6/c1-15(8-5-7-13-23)21(26)17-14-16(27-2)10-11-18(17)22(20(21)25)12-6-4-9-19(24)28-3/h5,8,10-11,14-15,23,26H,4,6-7,9,12-13H2,1-3H3/b8-5+/t15-,21+/m1/s1. The summed E-state index contributed by atoms with van der Waals surface area (Å²) in [7, 11) is 2.88. The first kappa shape index (κ1) is 21.9. The fourth-order valence-corrected chi connectivity index (χ4v) is 3.43. The van der Waals surface area contributed by atoms with Crippen molar-refractivity contribution in [2.75, 3.05) is 32.3 Å². The number of anilines is 1. The lowest BCUT2D eigenvalue weighted by Crippen LogP contribution is -2.44. The predicted octanol–water partition coefficient (Wildman–Crippen LogP) is 2.15. The monoisotopic (exact) mass is 391 g/mol. The van der Waals surface area contributed by atoms with Gasteiger partial charge in [0.2, 0.25) is 0 Å². The van der Waals surface area contributed by atoms with E-state index in [2.05, 4.69) is 4.74 Å². The van der Waals surface area contributed by atoms with Crippen molar-refractivity contribution in [1.29, 1.82) is 0 Å². The molecule has 0 spiro atoms. The number of nitrogens with zero attached hydrogens (tertiary/aromatic N) is 1. The molecule has 0 unspecified atom stereocenters. The van der Waals surface area contributed by atoms with Gasteiger partial charge in [-0.05, 0) is 37.5 Å². The molecular formula is C21H29NO6. The van der Waals surface area contributed by atoms with Crippen LogP contribution in [0.5, 0.6) is 5.75 Å². The fourth-order valence-electron chi connectivity index (χ4n) is 3.43. The molecule has 1 aromatic carbocycles. The highest BCUT2D eigenvalue weighted by molar-refractivity contribution is 6.07. The molecule has 2 N–H and O–H groups in total. The second kappa shape index (κ2) is 9.71. The second-order valence-corrected chi connectivity index (χ2v) is 6.87. The van der Waals surface area contributed by atoms with Gasteiger partial charge in [0.1, 0.15) is 5.75 Å². The number of hydrogen-bond donors (Lipinski definition) is 2. The molecule has 1 heterocycles. The number of benzene rings is 1. The Morgan fingerprint density at radius 2 is 2.07 bits per heavy atom. The second-order valence-electron chi connectivity index (χ2n) is 6.87. The zero-order chi connectivity index (χ0) is 20.7. The molecule has 0 bridgehead atoms. The van der Waals surface area contributed by atoms with Crippen molar-refractivity contribution in [2.45, 2.75) is 38.2 Å². The number of rotatable bonds is 10. The summed E-state index contributed by atoms with van der Waals surface area (Å²) in [5.41, 5.74) is -0.558. The summed E-state index contributed by atoms with van der Waals surface area (Å²) in [5, 5.41) is 20.4. The topological polar surface area (TPSA) is 96.3 Å². The summed E-state index contributed by atoms with van der Waals surface area (Å²) in [6, 6.07) is 5.22. The number of aliphatic hydroxyl groups is 2. The first-order chi connectivity index (χ1) is 13.4. The number of esters is 1. The predicted molar refractivity (Wildman–Crippen MR) is 105 cm³/mol. The number of amides is 1. The molecule has 154 valence electrons. The molecule has 1 aromatic rings. The number of methoxy groups -OCH3 is 2. The van der Waals surface area contributed by atoms with E-state index in [0.717, 1.165) is 0 Å². The Balaban J connectivity index is 2.28. The number of fused-ring (bicyclic) bond motifs is 1. The smallest absolute Gasteiger partial charge is 0.305 e. The molecule has 7 heteroatoms. The highest BCUT2D eigenvalue weighted by atomic mass is 16.5. The van der Waals surface area contributed by atoms with Crippen molar-refractivity contribution in [3.05, 3.63) is 35.9 Å². The molecular weight excluding hydrogens is 362 g/mol. The lowest BCUT2D eigenvalue weighted by Gasteiger charge is -2.27. The van der Waals surface area contributed by atoms with Gasteiger partial charge in [-0.2, -0.15) is 0 Å². The first-order valence-electron chi connectivity index (χ1n) is 9.47. The van der Waals surface area contributed by atoms with Crippen LogP contribution in [-0.2, 0) is 19.9 Å². The third-order valence-electron chi connectivity index (χ3n) is 5.10. The van der Waals surface area contributed by atoms with Gasteiger partial charge in [0, 0.05) is 31.1 Å². The number of ether oxygens (including phenoxy) is 2. The van der Waals surface area contributed by atoms with Crippen LogP contribution in [0.3, 0.4) is 0 Å². The van der Waals surface area contributed by atoms with E-state index in [1.54, 1.807) is 42.2 Å². The van der Waals surface area contributed by atoms with E-state index >= 15 is 0 Å². The zero-order valence-electron chi connectivity index (χ0n) is 16.7. The number of carbonyl (C=O) groups is 2. The molecule has 28 heavy (non-hydrogen) atoms. The van der Waals surface area contributed by atoms with Gasteiger partial charge in [-0.25, -0.2) is 0 Å². The van der Waals surface area contributed by atoms with E-state index in [1.165, 1.54) is 14.2 Å². The van der Waals surface area contributed by atoms with E-state index in [-0.39, 0.29) is 12.6 Å². The number of unbranched alkanes of at least 4 members (excludes halogenated alkanes) is 1. The summed E-state index contributed by atoms with van der Waals surface area (Å²) in [4.78, 5) is 26.1. The summed E-state index contributed by atoms with van der Waals surface area (Å²) < 4.78 is 9.91. The molecule has 0 fully saturated rings. The molecule has 0 aromatic heterocycles. The van der Waals surface area contributed by atoms with Crippen LogP contribution in [0.15, 0.2) is 30.4 Å². The Bertz CT molecular complexity index is 732. The maximum absolute atomic E-state index is 13.2. The van der Waals surface area contributed by atoms with Crippen LogP contribution in [0, 0.1) is 5.92 Å². The average molecular weight is 391 g/mol. The van der Waals surface area contributed by atoms with Crippen molar-refractivity contribution >= 4 is 17.6 Å². The summed E-state index contributed by atoms with van der Waals surface area (Å²) in [5.74, 6) is -0.603. The van der Waals surface area contributed by atoms with Gasteiger partial charge in [0.15, 0.2) is 5.60 Å². The summed E-state index contributed by atoms with van der Waals surface area (Å²) in [6.07, 6.45) is 5.45. The Labute approximate surface area is 165 Å². The fraction of sp³-hybridized carbons (Fsp3) is 0.524. The molecule has 1 aliphatic rings. The number of hydrogen-bond acceptors (Lipinski definition) is 6. The van der Waals surface area contributed by atoms with Crippen LogP contribution in [0.1, 0.15) is 38.2 Å². The minimum atomic E-state index is -1.71. The van der Waals surface area contributed by atoms with Crippen LogP contribution in [-0.4, -0.2) is 49.5 Å². The molecule has 1 aliphatic heterocycles. The van der Waals surface area contributed by atoms with E-state index in [9.17, 15) is 14.7 Å². The normalized spacial score (nSPS) is 19.8. The van der Waals surface area contributed by atoms with Crippen LogP contribution in [0.25, 0.3) is 0 Å². The summed E-state index contributed by atoms with van der Waals surface area (Å²) in [6.45, 7) is 2.17. The third-order valence-corrected chi connectivity index (χ3v) is 5.10. The zero-order valence-corrected chi connectivity index (χ0v) is 16.7. The van der Waals surface area contributed by atoms with Gasteiger partial charge in [0.25, 0.3) is 5.91 Å². The minimum Gasteiger partial charge on any atom is -0.497 e. The first-order valence-corrected chi connectivity index (χ1v) is 9.47. The third kappa shape index (κ3) is 4.36. The van der Waals surface area contributed by atoms with Crippen LogP contribution in [0.4, 0.5) is 5.69 Å². The van der Waals surface area contributed by atoms with Crippen LogP contribution >= 0.6 is 0 Å². The number of aliphatic hydroxyl groups excluding tert-OH is 1. The highest BCUT2D eigenvalue weighted by Gasteiger charge is 2.52. The van der Waals surface area contributed by atoms with Gasteiger partial charge >= 0.3 is 5.97 Å². The molecule has 0 radical (unpaired) electrons. The maximum atomic E-state index is 13.2. The van der Waals surface area contributed by atoms with E-state index in [4.69, 9.17) is 9.84 Å². The largest absolute Gasteiger partial charge is 0.497 e. The van der Waals surface area contributed by atoms with Gasteiger partial charge in [0.05, 0.1) is 19.9 Å². The van der Waals surface area contributed by atoms with Crippen molar-refractivity contribution in [3.8, 4) is 5.75 Å². The van der Waals surface area contributed by atoms with Crippen molar-refractivity contribution in [1.82, 2.24) is 0 Å². The van der Waals surface area contributed by atoms with Crippen molar-refractivity contribution < 1.29 is 29.3 Å². The molecule has 0 aliphatic carbocycles. The minimum absolute atomic E-state index is 0.00627. The Kier molecular flexibility index (Phi) is 7.60. The molecule has 2 rings (SSSR count). The van der Waals surface area contributed by atoms with E-state index in [0.29, 0.717) is 49.2 Å². The SMILES string of the molecule is COC(=O)CCCCN1C(=O)[C@](O)([C@H](C)/C=C/CCO)c2cc(OC)ccc21. The van der Waals surface area contributed by atoms with Crippen molar-refractivity contribution in [3.63, 3.8) is 0 Å². The van der Waals surface area contributed by atoms with Gasteiger partial charge in [-0.3, -0.25) is 9.59 Å². The number of carbonyl (C=O) groups excluding carboxylic acids is 2. The molecule has 2 atom stereocenters. The Hall–Kier alpha value is -2.38. The maximum Gasteiger partial charge on any atom is 0.305 e. The highest BCUT2D eigenvalue weighted by Crippen LogP contribution is 2.46.